The number of carbonyl (C=O) groups is 2. The molecule has 1 aliphatic rings. The fraction of sp³-hybridized carbons (Fsp3) is 0.257. The Morgan fingerprint density at radius 1 is 0.844 bits per heavy atom. The molecule has 45 heavy (non-hydrogen) atoms. The highest BCUT2D eigenvalue weighted by atomic mass is 35.5. The molecule has 1 amide bonds. The van der Waals surface area contributed by atoms with Crippen LogP contribution < -0.4 is 23.8 Å². The van der Waals surface area contributed by atoms with Crippen LogP contribution in [-0.4, -0.2) is 46.4 Å². The number of hydrogen-bond acceptors (Lipinski definition) is 8. The van der Waals surface area contributed by atoms with Crippen molar-refractivity contribution >= 4 is 29.2 Å². The van der Waals surface area contributed by atoms with Crippen LogP contribution >= 0.6 is 11.6 Å². The van der Waals surface area contributed by atoms with Crippen LogP contribution in [0.5, 0.6) is 23.0 Å². The number of amides is 1. The molecular weight excluding hydrogens is 598 g/mol. The van der Waals surface area contributed by atoms with Crippen molar-refractivity contribution in [3.8, 4) is 23.0 Å². The van der Waals surface area contributed by atoms with Gasteiger partial charge in [-0.2, -0.15) is 0 Å². The Morgan fingerprint density at radius 2 is 1.64 bits per heavy atom. The molecule has 0 saturated carbocycles. The summed E-state index contributed by atoms with van der Waals surface area (Å²) in [5.41, 5.74) is 3.46. The number of halogens is 1. The van der Waals surface area contributed by atoms with E-state index in [9.17, 15) is 9.59 Å². The molecule has 234 valence electrons. The lowest BCUT2D eigenvalue weighted by molar-refractivity contribution is -0.149. The summed E-state index contributed by atoms with van der Waals surface area (Å²) in [6, 6.07) is 25.8. The van der Waals surface area contributed by atoms with Crippen molar-refractivity contribution in [1.29, 1.82) is 0 Å². The van der Waals surface area contributed by atoms with Crippen LogP contribution in [0.2, 0.25) is 5.02 Å². The van der Waals surface area contributed by atoms with Crippen LogP contribution in [0.3, 0.4) is 0 Å². The van der Waals surface area contributed by atoms with E-state index in [0.717, 1.165) is 11.1 Å². The lowest BCUT2D eigenvalue weighted by Gasteiger charge is -2.26. The van der Waals surface area contributed by atoms with Gasteiger partial charge in [0.05, 0.1) is 47.1 Å². The standard InChI is InChI=1S/C35H34ClNO8/c1-40-25-15-13-23(30(18-25)41-2)20-37-28-16-14-24(36)17-27(28)33(45-31(35(37)39)19-32(38)42-3)26-11-8-12-29(34(26)43-4)44-21-22-9-6-5-7-10-22/h5-18,31,33H,19-21H2,1-4H3/t31-,33-/m0/s1. The highest BCUT2D eigenvalue weighted by Crippen LogP contribution is 2.46. The molecule has 9 nitrogen and oxygen atoms in total. The lowest BCUT2D eigenvalue weighted by atomic mass is 9.97. The highest BCUT2D eigenvalue weighted by Gasteiger charge is 2.39. The van der Waals surface area contributed by atoms with Crippen molar-refractivity contribution < 1.29 is 38.0 Å². The summed E-state index contributed by atoms with van der Waals surface area (Å²) in [5.74, 6) is 1.04. The fourth-order valence-electron chi connectivity index (χ4n) is 5.30. The molecule has 4 aromatic rings. The number of methoxy groups -OCH3 is 4. The van der Waals surface area contributed by atoms with E-state index in [0.29, 0.717) is 51.4 Å². The van der Waals surface area contributed by atoms with Gasteiger partial charge in [0.15, 0.2) is 11.5 Å². The molecule has 0 radical (unpaired) electrons. The van der Waals surface area contributed by atoms with Crippen molar-refractivity contribution in [2.24, 2.45) is 0 Å². The third-order valence-corrected chi connectivity index (χ3v) is 7.78. The first-order valence-electron chi connectivity index (χ1n) is 14.2. The lowest BCUT2D eigenvalue weighted by Crippen LogP contribution is -2.40. The molecule has 0 bridgehead atoms. The SMILES string of the molecule is COC(=O)C[C@@H]1O[C@@H](c2cccc(OCc3ccccc3)c2OC)c2cc(Cl)ccc2N(Cc2ccc(OC)cc2OC)C1=O. The van der Waals surface area contributed by atoms with Crippen LogP contribution in [0.4, 0.5) is 5.69 Å². The molecule has 0 aliphatic carbocycles. The van der Waals surface area contributed by atoms with E-state index in [4.69, 9.17) is 40.0 Å². The zero-order valence-corrected chi connectivity index (χ0v) is 26.2. The number of ether oxygens (including phenoxy) is 6. The number of hydrogen-bond donors (Lipinski definition) is 0. The molecule has 0 spiro atoms. The van der Waals surface area contributed by atoms with E-state index >= 15 is 0 Å². The molecule has 1 heterocycles. The summed E-state index contributed by atoms with van der Waals surface area (Å²) in [7, 11) is 5.93. The van der Waals surface area contributed by atoms with Gasteiger partial charge in [0.1, 0.15) is 30.3 Å². The number of rotatable bonds is 11. The van der Waals surface area contributed by atoms with E-state index in [1.54, 1.807) is 62.6 Å². The Morgan fingerprint density at radius 3 is 2.36 bits per heavy atom. The Balaban J connectivity index is 1.62. The highest BCUT2D eigenvalue weighted by molar-refractivity contribution is 6.30. The predicted octanol–water partition coefficient (Wildman–Crippen LogP) is 6.53. The first-order valence-corrected chi connectivity index (χ1v) is 14.6. The summed E-state index contributed by atoms with van der Waals surface area (Å²) in [5, 5.41) is 0.443. The summed E-state index contributed by atoms with van der Waals surface area (Å²) in [6.45, 7) is 0.432. The molecule has 5 rings (SSSR count). The number of para-hydroxylation sites is 1. The molecule has 0 unspecified atom stereocenters. The van der Waals surface area contributed by atoms with Crippen LogP contribution in [-0.2, 0) is 32.2 Å². The molecule has 0 saturated heterocycles. The Kier molecular flexibility index (Phi) is 10.1. The number of fused-ring (bicyclic) bond motifs is 1. The summed E-state index contributed by atoms with van der Waals surface area (Å²) >= 11 is 6.55. The zero-order valence-electron chi connectivity index (χ0n) is 25.5. The van der Waals surface area contributed by atoms with Gasteiger partial charge in [0, 0.05) is 27.8 Å². The van der Waals surface area contributed by atoms with Gasteiger partial charge in [-0.15, -0.1) is 0 Å². The van der Waals surface area contributed by atoms with Crippen molar-refractivity contribution in [1.82, 2.24) is 0 Å². The van der Waals surface area contributed by atoms with Crippen molar-refractivity contribution in [3.05, 3.63) is 112 Å². The van der Waals surface area contributed by atoms with Gasteiger partial charge in [0.25, 0.3) is 5.91 Å². The Bertz CT molecular complexity index is 1660. The van der Waals surface area contributed by atoms with Gasteiger partial charge in [-0.1, -0.05) is 54.1 Å². The molecule has 2 atom stereocenters. The number of anilines is 1. The smallest absolute Gasteiger partial charge is 0.308 e. The first kappa shape index (κ1) is 31.7. The van der Waals surface area contributed by atoms with Crippen molar-refractivity contribution in [3.63, 3.8) is 0 Å². The Labute approximate surface area is 267 Å². The van der Waals surface area contributed by atoms with Crippen LogP contribution in [0, 0.1) is 0 Å². The minimum Gasteiger partial charge on any atom is -0.497 e. The monoisotopic (exact) mass is 631 g/mol. The van der Waals surface area contributed by atoms with Gasteiger partial charge in [-0.25, -0.2) is 0 Å². The minimum absolute atomic E-state index is 0.117. The Hall–Kier alpha value is -4.73. The van der Waals surface area contributed by atoms with E-state index in [1.165, 1.54) is 7.11 Å². The van der Waals surface area contributed by atoms with E-state index < -0.39 is 24.1 Å². The fourth-order valence-corrected chi connectivity index (χ4v) is 5.48. The van der Waals surface area contributed by atoms with Gasteiger partial charge in [0.2, 0.25) is 0 Å². The van der Waals surface area contributed by atoms with Gasteiger partial charge in [-0.3, -0.25) is 9.59 Å². The largest absolute Gasteiger partial charge is 0.497 e. The summed E-state index contributed by atoms with van der Waals surface area (Å²) < 4.78 is 34.5. The third kappa shape index (κ3) is 7.00. The topological polar surface area (TPSA) is 92.8 Å². The van der Waals surface area contributed by atoms with Crippen LogP contribution in [0.15, 0.2) is 84.9 Å². The molecule has 0 N–H and O–H groups in total. The number of benzene rings is 4. The van der Waals surface area contributed by atoms with Crippen LogP contribution in [0.1, 0.15) is 34.8 Å². The predicted molar refractivity (Wildman–Crippen MR) is 169 cm³/mol. The summed E-state index contributed by atoms with van der Waals surface area (Å²) in [4.78, 5) is 28.4. The van der Waals surface area contributed by atoms with Gasteiger partial charge in [-0.05, 0) is 42.0 Å². The quantitative estimate of drug-likeness (QED) is 0.173. The second-order valence-electron chi connectivity index (χ2n) is 10.2. The van der Waals surface area contributed by atoms with E-state index in [-0.39, 0.29) is 13.0 Å². The minimum atomic E-state index is -1.20. The molecule has 10 heteroatoms. The first-order chi connectivity index (χ1) is 21.9. The average molecular weight is 632 g/mol. The molecular formula is C35H34ClNO8. The normalized spacial score (nSPS) is 15.9. The van der Waals surface area contributed by atoms with E-state index in [1.807, 2.05) is 48.5 Å². The second-order valence-corrected chi connectivity index (χ2v) is 10.7. The maximum Gasteiger partial charge on any atom is 0.308 e. The number of nitrogens with zero attached hydrogens (tertiary/aromatic N) is 1. The third-order valence-electron chi connectivity index (χ3n) is 7.54. The maximum atomic E-state index is 14.3. The number of carbonyl (C=O) groups excluding carboxylic acids is 2. The average Bonchev–Trinajstić information content (AvgIpc) is 3.17. The maximum absolute atomic E-state index is 14.3. The van der Waals surface area contributed by atoms with Crippen LogP contribution in [0.25, 0.3) is 0 Å². The van der Waals surface area contributed by atoms with Crippen molar-refractivity contribution in [2.45, 2.75) is 31.8 Å². The second kappa shape index (κ2) is 14.4. The molecule has 4 aromatic carbocycles. The van der Waals surface area contributed by atoms with Crippen molar-refractivity contribution in [2.75, 3.05) is 33.3 Å². The molecule has 0 aromatic heterocycles. The molecule has 1 aliphatic heterocycles. The van der Waals surface area contributed by atoms with Gasteiger partial charge < -0.3 is 33.3 Å². The number of esters is 1. The zero-order chi connectivity index (χ0) is 31.9. The van der Waals surface area contributed by atoms with E-state index in [2.05, 4.69) is 0 Å². The molecule has 0 fully saturated rings. The summed E-state index contributed by atoms with van der Waals surface area (Å²) in [6.07, 6.45) is -2.37. The van der Waals surface area contributed by atoms with Gasteiger partial charge >= 0.3 is 5.97 Å².